The van der Waals surface area contributed by atoms with Crippen LogP contribution < -0.4 is 0 Å². The number of carbonyl (C=O) groups excluding carboxylic acids is 1. The number of aromatic amines is 1. The third-order valence-corrected chi connectivity index (χ3v) is 4.91. The van der Waals surface area contributed by atoms with Crippen LogP contribution in [-0.2, 0) is 19.0 Å². The molecule has 1 aliphatic heterocycles. The fraction of sp³-hybridized carbons (Fsp3) is 0.250. The molecule has 0 saturated carbocycles. The Morgan fingerprint density at radius 3 is 2.38 bits per heavy atom. The minimum atomic E-state index is -4.39. The SMILES string of the molecule is O=C(c1ccc(C(F)(F)F)cc1)N1CCc2[nH]c3ccccc3c2CC1. The number of nitrogens with one attached hydrogen (secondary N) is 1. The van der Waals surface area contributed by atoms with Crippen LogP contribution in [0.15, 0.2) is 48.5 Å². The van der Waals surface area contributed by atoms with Gasteiger partial charge < -0.3 is 9.88 Å². The number of carbonyl (C=O) groups is 1. The van der Waals surface area contributed by atoms with Gasteiger partial charge in [0, 0.05) is 41.7 Å². The summed E-state index contributed by atoms with van der Waals surface area (Å²) in [5, 5.41) is 1.17. The highest BCUT2D eigenvalue weighted by Gasteiger charge is 2.30. The molecule has 0 atom stereocenters. The van der Waals surface area contributed by atoms with E-state index in [-0.39, 0.29) is 11.5 Å². The van der Waals surface area contributed by atoms with Crippen LogP contribution in [0.4, 0.5) is 13.2 Å². The van der Waals surface area contributed by atoms with Gasteiger partial charge in [-0.3, -0.25) is 4.79 Å². The highest BCUT2D eigenvalue weighted by molar-refractivity contribution is 5.94. The molecule has 1 aromatic heterocycles. The Balaban J connectivity index is 1.53. The van der Waals surface area contributed by atoms with Crippen molar-refractivity contribution in [1.29, 1.82) is 0 Å². The molecule has 4 rings (SSSR count). The Kier molecular flexibility index (Phi) is 3.98. The maximum atomic E-state index is 12.7. The van der Waals surface area contributed by atoms with Crippen molar-refractivity contribution < 1.29 is 18.0 Å². The average Bonchev–Trinajstić information content (AvgIpc) is 2.85. The molecule has 3 aromatic rings. The number of hydrogen-bond donors (Lipinski definition) is 1. The van der Waals surface area contributed by atoms with Crippen molar-refractivity contribution in [2.45, 2.75) is 19.0 Å². The van der Waals surface area contributed by atoms with Gasteiger partial charge in [-0.25, -0.2) is 0 Å². The number of fused-ring (bicyclic) bond motifs is 3. The summed E-state index contributed by atoms with van der Waals surface area (Å²) in [5.41, 5.74) is 3.00. The summed E-state index contributed by atoms with van der Waals surface area (Å²) in [5.74, 6) is -0.229. The summed E-state index contributed by atoms with van der Waals surface area (Å²) >= 11 is 0. The fourth-order valence-electron chi connectivity index (χ4n) is 3.55. The van der Waals surface area contributed by atoms with Crippen molar-refractivity contribution in [2.75, 3.05) is 13.1 Å². The van der Waals surface area contributed by atoms with Crippen LogP contribution in [0.2, 0.25) is 0 Å². The summed E-state index contributed by atoms with van der Waals surface area (Å²) in [6.07, 6.45) is -2.96. The molecular formula is C20H17F3N2O. The van der Waals surface area contributed by atoms with Crippen LogP contribution >= 0.6 is 0 Å². The van der Waals surface area contributed by atoms with Crippen LogP contribution in [0.1, 0.15) is 27.2 Å². The number of H-pyrrole nitrogens is 1. The molecule has 1 N–H and O–H groups in total. The topological polar surface area (TPSA) is 36.1 Å². The molecule has 0 bridgehead atoms. The molecule has 6 heteroatoms. The van der Waals surface area contributed by atoms with E-state index in [4.69, 9.17) is 0 Å². The van der Waals surface area contributed by atoms with Crippen molar-refractivity contribution in [3.63, 3.8) is 0 Å². The van der Waals surface area contributed by atoms with Gasteiger partial charge in [0.25, 0.3) is 5.91 Å². The van der Waals surface area contributed by atoms with Crippen LogP contribution in [0.5, 0.6) is 0 Å². The molecule has 0 unspecified atom stereocenters. The lowest BCUT2D eigenvalue weighted by Crippen LogP contribution is -2.33. The number of alkyl halides is 3. The van der Waals surface area contributed by atoms with Gasteiger partial charge >= 0.3 is 6.18 Å². The standard InChI is InChI=1S/C20H17F3N2O/c21-20(22,23)14-7-5-13(6-8-14)19(26)25-11-9-16-15-3-1-2-4-17(15)24-18(16)10-12-25/h1-8,24H,9-12H2. The zero-order valence-electron chi connectivity index (χ0n) is 13.9. The van der Waals surface area contributed by atoms with Gasteiger partial charge in [-0.2, -0.15) is 13.2 Å². The lowest BCUT2D eigenvalue weighted by atomic mass is 10.1. The minimum absolute atomic E-state index is 0.229. The van der Waals surface area contributed by atoms with E-state index in [9.17, 15) is 18.0 Å². The molecule has 0 radical (unpaired) electrons. The van der Waals surface area contributed by atoms with Crippen molar-refractivity contribution >= 4 is 16.8 Å². The summed E-state index contributed by atoms with van der Waals surface area (Å²) < 4.78 is 38.0. The van der Waals surface area contributed by atoms with Crippen molar-refractivity contribution in [1.82, 2.24) is 9.88 Å². The second kappa shape index (κ2) is 6.20. The molecule has 26 heavy (non-hydrogen) atoms. The number of para-hydroxylation sites is 1. The minimum Gasteiger partial charge on any atom is -0.358 e. The summed E-state index contributed by atoms with van der Waals surface area (Å²) in [6, 6.07) is 12.5. The number of nitrogens with zero attached hydrogens (tertiary/aromatic N) is 1. The highest BCUT2D eigenvalue weighted by atomic mass is 19.4. The summed E-state index contributed by atoms with van der Waals surface area (Å²) in [6.45, 7) is 1.09. The van der Waals surface area contributed by atoms with Gasteiger partial charge in [0.15, 0.2) is 0 Å². The Morgan fingerprint density at radius 1 is 0.962 bits per heavy atom. The second-order valence-corrected chi connectivity index (χ2v) is 6.50. The number of hydrogen-bond acceptors (Lipinski definition) is 1. The lowest BCUT2D eigenvalue weighted by molar-refractivity contribution is -0.137. The number of amides is 1. The zero-order chi connectivity index (χ0) is 18.3. The average molecular weight is 358 g/mol. The lowest BCUT2D eigenvalue weighted by Gasteiger charge is -2.20. The number of aromatic nitrogens is 1. The first-order chi connectivity index (χ1) is 12.4. The number of benzene rings is 2. The van der Waals surface area contributed by atoms with Crippen LogP contribution in [0.3, 0.4) is 0 Å². The highest BCUT2D eigenvalue weighted by Crippen LogP contribution is 2.30. The Morgan fingerprint density at radius 2 is 1.65 bits per heavy atom. The van der Waals surface area contributed by atoms with Gasteiger partial charge in [-0.1, -0.05) is 18.2 Å². The molecule has 2 aromatic carbocycles. The van der Waals surface area contributed by atoms with Gasteiger partial charge in [-0.05, 0) is 42.3 Å². The second-order valence-electron chi connectivity index (χ2n) is 6.50. The number of rotatable bonds is 1. The zero-order valence-corrected chi connectivity index (χ0v) is 13.9. The van der Waals surface area contributed by atoms with Crippen molar-refractivity contribution in [3.05, 3.63) is 70.9 Å². The first kappa shape index (κ1) is 16.7. The first-order valence-corrected chi connectivity index (χ1v) is 8.48. The van der Waals surface area contributed by atoms with Gasteiger partial charge in [-0.15, -0.1) is 0 Å². The van der Waals surface area contributed by atoms with Crippen LogP contribution in [0.25, 0.3) is 10.9 Å². The molecule has 3 nitrogen and oxygen atoms in total. The Bertz CT molecular complexity index is 957. The van der Waals surface area contributed by atoms with E-state index >= 15 is 0 Å². The van der Waals surface area contributed by atoms with E-state index < -0.39 is 11.7 Å². The third-order valence-electron chi connectivity index (χ3n) is 4.91. The van der Waals surface area contributed by atoms with E-state index in [1.54, 1.807) is 4.90 Å². The van der Waals surface area contributed by atoms with Crippen LogP contribution in [0, 0.1) is 0 Å². The summed E-state index contributed by atoms with van der Waals surface area (Å²) in [4.78, 5) is 17.8. The predicted octanol–water partition coefficient (Wildman–Crippen LogP) is 4.43. The van der Waals surface area contributed by atoms with Crippen LogP contribution in [-0.4, -0.2) is 28.9 Å². The molecule has 134 valence electrons. The van der Waals surface area contributed by atoms with Crippen molar-refractivity contribution in [3.8, 4) is 0 Å². The molecule has 0 spiro atoms. The van der Waals surface area contributed by atoms with E-state index in [0.717, 1.165) is 29.8 Å². The molecule has 1 aliphatic rings. The molecule has 2 heterocycles. The molecule has 0 saturated heterocycles. The summed E-state index contributed by atoms with van der Waals surface area (Å²) in [7, 11) is 0. The van der Waals surface area contributed by atoms with E-state index in [1.165, 1.54) is 23.1 Å². The predicted molar refractivity (Wildman–Crippen MR) is 93.1 cm³/mol. The largest absolute Gasteiger partial charge is 0.416 e. The third kappa shape index (κ3) is 2.96. The quantitative estimate of drug-likeness (QED) is 0.686. The number of halogens is 3. The van der Waals surface area contributed by atoms with E-state index in [1.807, 2.05) is 18.2 Å². The Hall–Kier alpha value is -2.76. The van der Waals surface area contributed by atoms with E-state index in [0.29, 0.717) is 19.5 Å². The fourth-order valence-corrected chi connectivity index (χ4v) is 3.55. The molecule has 0 fully saturated rings. The first-order valence-electron chi connectivity index (χ1n) is 8.48. The monoisotopic (exact) mass is 358 g/mol. The maximum Gasteiger partial charge on any atom is 0.416 e. The van der Waals surface area contributed by atoms with Gasteiger partial charge in [0.2, 0.25) is 0 Å². The van der Waals surface area contributed by atoms with Gasteiger partial charge in [0.05, 0.1) is 5.56 Å². The molecule has 1 amide bonds. The smallest absolute Gasteiger partial charge is 0.358 e. The van der Waals surface area contributed by atoms with Gasteiger partial charge in [0.1, 0.15) is 0 Å². The Labute approximate surface area is 148 Å². The maximum absolute atomic E-state index is 12.7. The van der Waals surface area contributed by atoms with Crippen molar-refractivity contribution in [2.24, 2.45) is 0 Å². The molecule has 0 aliphatic carbocycles. The normalized spacial score (nSPS) is 15.0. The van der Waals surface area contributed by atoms with E-state index in [2.05, 4.69) is 11.1 Å². The molecular weight excluding hydrogens is 341 g/mol.